The molecule has 0 atom stereocenters. The van der Waals surface area contributed by atoms with Gasteiger partial charge in [-0.25, -0.2) is 9.36 Å². The molecule has 1 amide bonds. The van der Waals surface area contributed by atoms with Crippen LogP contribution in [-0.2, 0) is 24.9 Å². The fourth-order valence-electron chi connectivity index (χ4n) is 3.46. The van der Waals surface area contributed by atoms with E-state index in [0.717, 1.165) is 21.6 Å². The monoisotopic (exact) mass is 396 g/mol. The number of carbonyl (C=O) groups is 1. The van der Waals surface area contributed by atoms with E-state index in [0.29, 0.717) is 12.3 Å². The molecule has 4 aromatic rings. The molecule has 0 unspecified atom stereocenters. The van der Waals surface area contributed by atoms with E-state index < -0.39 is 23.7 Å². The third-order valence-electron chi connectivity index (χ3n) is 4.95. The molecule has 0 radical (unpaired) electrons. The van der Waals surface area contributed by atoms with Crippen LogP contribution in [0.4, 0.5) is 0 Å². The second-order valence-corrected chi connectivity index (χ2v) is 6.86. The highest BCUT2D eigenvalue weighted by molar-refractivity contribution is 5.77. The molecule has 3 heterocycles. The van der Waals surface area contributed by atoms with Gasteiger partial charge in [0, 0.05) is 18.9 Å². The summed E-state index contributed by atoms with van der Waals surface area (Å²) in [7, 11) is 3.12. The van der Waals surface area contributed by atoms with E-state index in [1.54, 1.807) is 17.7 Å². The van der Waals surface area contributed by atoms with Gasteiger partial charge in [0.2, 0.25) is 11.7 Å². The molecule has 0 aliphatic rings. The molecule has 29 heavy (non-hydrogen) atoms. The van der Waals surface area contributed by atoms with E-state index in [9.17, 15) is 14.4 Å². The number of primary amides is 1. The van der Waals surface area contributed by atoms with Crippen molar-refractivity contribution >= 4 is 22.8 Å². The number of methoxy groups -OCH3 is 1. The molecule has 0 aliphatic heterocycles. The zero-order chi connectivity index (χ0) is 20.9. The van der Waals surface area contributed by atoms with Crippen molar-refractivity contribution in [1.29, 1.82) is 0 Å². The first kappa shape index (κ1) is 18.5. The van der Waals surface area contributed by atoms with Gasteiger partial charge in [-0.05, 0) is 24.6 Å². The van der Waals surface area contributed by atoms with Gasteiger partial charge in [0.15, 0.2) is 11.2 Å². The molecule has 0 saturated heterocycles. The Bertz CT molecular complexity index is 1370. The number of imidazole rings is 2. The third kappa shape index (κ3) is 2.89. The van der Waals surface area contributed by atoms with E-state index >= 15 is 0 Å². The Kier molecular flexibility index (Phi) is 4.26. The summed E-state index contributed by atoms with van der Waals surface area (Å²) < 4.78 is 10.9. The molecule has 1 aromatic carbocycles. The summed E-state index contributed by atoms with van der Waals surface area (Å²) in [4.78, 5) is 41.3. The molecule has 0 fully saturated rings. The Balaban J connectivity index is 1.93. The van der Waals surface area contributed by atoms with Crippen LogP contribution in [0.25, 0.3) is 16.9 Å². The van der Waals surface area contributed by atoms with Gasteiger partial charge >= 0.3 is 5.69 Å². The zero-order valence-corrected chi connectivity index (χ0v) is 16.2. The first-order valence-electron chi connectivity index (χ1n) is 8.90. The lowest BCUT2D eigenvalue weighted by Crippen LogP contribution is -2.42. The maximum absolute atomic E-state index is 12.9. The fourth-order valence-corrected chi connectivity index (χ4v) is 3.46. The lowest BCUT2D eigenvalue weighted by Gasteiger charge is -2.07. The first-order valence-corrected chi connectivity index (χ1v) is 8.90. The summed E-state index contributed by atoms with van der Waals surface area (Å²) in [6.07, 6.45) is 1.79. The van der Waals surface area contributed by atoms with Gasteiger partial charge in [-0.15, -0.1) is 0 Å². The quantitative estimate of drug-likeness (QED) is 0.509. The predicted molar refractivity (Wildman–Crippen MR) is 106 cm³/mol. The SMILES string of the molecule is COc1ccc(Cn2c(C)cn3c4c(=O)n(CC(N)=O)c(=O)n(C)c4nc23)cc1. The molecule has 10 nitrogen and oxygen atoms in total. The predicted octanol–water partition coefficient (Wildman–Crippen LogP) is 0.0000200. The molecular formula is C19H20N6O4. The van der Waals surface area contributed by atoms with Crippen LogP contribution in [0.3, 0.4) is 0 Å². The summed E-state index contributed by atoms with van der Waals surface area (Å²) in [6, 6.07) is 7.65. The Labute approximate surface area is 164 Å². The Morgan fingerprint density at radius 3 is 2.48 bits per heavy atom. The number of hydrogen-bond donors (Lipinski definition) is 1. The fraction of sp³-hybridized carbons (Fsp3) is 0.263. The zero-order valence-electron chi connectivity index (χ0n) is 16.2. The molecule has 0 spiro atoms. The van der Waals surface area contributed by atoms with Crippen molar-refractivity contribution in [2.24, 2.45) is 12.8 Å². The van der Waals surface area contributed by atoms with Crippen molar-refractivity contribution in [2.75, 3.05) is 7.11 Å². The van der Waals surface area contributed by atoms with Gasteiger partial charge in [0.05, 0.1) is 13.7 Å². The highest BCUT2D eigenvalue weighted by Crippen LogP contribution is 2.19. The van der Waals surface area contributed by atoms with Crippen LogP contribution >= 0.6 is 0 Å². The number of amides is 1. The Morgan fingerprint density at radius 2 is 1.86 bits per heavy atom. The number of carbonyl (C=O) groups excluding carboxylic acids is 1. The van der Waals surface area contributed by atoms with Crippen molar-refractivity contribution in [3.05, 3.63) is 62.6 Å². The smallest absolute Gasteiger partial charge is 0.332 e. The molecule has 150 valence electrons. The molecule has 2 N–H and O–H groups in total. The standard InChI is InChI=1S/C19H20N6O4/c1-11-8-24-15-16(22(2)19(28)25(17(15)27)10-14(20)26)21-18(24)23(11)9-12-4-6-13(29-3)7-5-12/h4-8H,9-10H2,1-3H3,(H2,20,26). The highest BCUT2D eigenvalue weighted by Gasteiger charge is 2.20. The van der Waals surface area contributed by atoms with Crippen molar-refractivity contribution < 1.29 is 9.53 Å². The molecule has 0 bridgehead atoms. The van der Waals surface area contributed by atoms with Crippen molar-refractivity contribution in [3.8, 4) is 5.75 Å². The second-order valence-electron chi connectivity index (χ2n) is 6.86. The van der Waals surface area contributed by atoms with Crippen molar-refractivity contribution in [1.82, 2.24) is 23.1 Å². The number of aromatic nitrogens is 5. The van der Waals surface area contributed by atoms with Crippen LogP contribution in [0, 0.1) is 6.92 Å². The van der Waals surface area contributed by atoms with Crippen molar-refractivity contribution in [3.63, 3.8) is 0 Å². The van der Waals surface area contributed by atoms with Crippen LogP contribution < -0.4 is 21.7 Å². The van der Waals surface area contributed by atoms with Crippen LogP contribution in [-0.4, -0.2) is 36.1 Å². The van der Waals surface area contributed by atoms with Gasteiger partial charge in [0.25, 0.3) is 5.56 Å². The summed E-state index contributed by atoms with van der Waals surface area (Å²) in [5.41, 5.74) is 6.34. The maximum atomic E-state index is 12.9. The van der Waals surface area contributed by atoms with E-state index in [1.165, 1.54) is 11.6 Å². The average Bonchev–Trinajstić information content (AvgIpc) is 3.20. The lowest BCUT2D eigenvalue weighted by molar-refractivity contribution is -0.118. The van der Waals surface area contributed by atoms with Crippen LogP contribution in [0.2, 0.25) is 0 Å². The van der Waals surface area contributed by atoms with Gasteiger partial charge < -0.3 is 15.0 Å². The van der Waals surface area contributed by atoms with Crippen LogP contribution in [0.5, 0.6) is 5.75 Å². The van der Waals surface area contributed by atoms with E-state index in [-0.39, 0.29) is 11.2 Å². The molecule has 10 heteroatoms. The normalized spacial score (nSPS) is 11.4. The number of rotatable bonds is 5. The number of benzene rings is 1. The summed E-state index contributed by atoms with van der Waals surface area (Å²) in [5, 5.41) is 0. The minimum Gasteiger partial charge on any atom is -0.497 e. The molecule has 4 rings (SSSR count). The average molecular weight is 396 g/mol. The number of nitrogens with zero attached hydrogens (tertiary/aromatic N) is 5. The number of hydrogen-bond acceptors (Lipinski definition) is 5. The number of aryl methyl sites for hydroxylation is 2. The Morgan fingerprint density at radius 1 is 1.17 bits per heavy atom. The van der Waals surface area contributed by atoms with Crippen LogP contribution in [0.1, 0.15) is 11.3 Å². The third-order valence-corrected chi connectivity index (χ3v) is 4.95. The summed E-state index contributed by atoms with van der Waals surface area (Å²) >= 11 is 0. The first-order chi connectivity index (χ1) is 13.8. The molecule has 0 saturated carbocycles. The van der Waals surface area contributed by atoms with E-state index in [4.69, 9.17) is 10.5 Å². The van der Waals surface area contributed by atoms with Gasteiger partial charge in [-0.3, -0.25) is 18.6 Å². The summed E-state index contributed by atoms with van der Waals surface area (Å²) in [6.45, 7) is 1.95. The van der Waals surface area contributed by atoms with Gasteiger partial charge in [-0.1, -0.05) is 12.1 Å². The largest absolute Gasteiger partial charge is 0.497 e. The topological polar surface area (TPSA) is 119 Å². The molecular weight excluding hydrogens is 376 g/mol. The van der Waals surface area contributed by atoms with Gasteiger partial charge in [0.1, 0.15) is 12.3 Å². The van der Waals surface area contributed by atoms with E-state index in [1.807, 2.05) is 35.8 Å². The number of fused-ring (bicyclic) bond motifs is 3. The van der Waals surface area contributed by atoms with Gasteiger partial charge in [-0.2, -0.15) is 4.98 Å². The molecule has 3 aromatic heterocycles. The van der Waals surface area contributed by atoms with E-state index in [2.05, 4.69) is 4.98 Å². The number of nitrogens with two attached hydrogens (primary N) is 1. The number of ether oxygens (including phenoxy) is 1. The minimum atomic E-state index is -0.766. The minimum absolute atomic E-state index is 0.222. The Hall–Kier alpha value is -3.82. The highest BCUT2D eigenvalue weighted by atomic mass is 16.5. The molecule has 0 aliphatic carbocycles. The van der Waals surface area contributed by atoms with Crippen molar-refractivity contribution in [2.45, 2.75) is 20.0 Å². The second kappa shape index (κ2) is 6.66. The summed E-state index contributed by atoms with van der Waals surface area (Å²) in [5.74, 6) is 0.523. The van der Waals surface area contributed by atoms with Crippen LogP contribution in [0.15, 0.2) is 40.1 Å². The maximum Gasteiger partial charge on any atom is 0.332 e. The lowest BCUT2D eigenvalue weighted by atomic mass is 10.2.